The average Bonchev–Trinajstić information content (AvgIpc) is 2.69. The molecular formula is C21H34IN3O2. The van der Waals surface area contributed by atoms with E-state index in [1.807, 2.05) is 12.1 Å². The molecule has 0 saturated carbocycles. The predicted molar refractivity (Wildman–Crippen MR) is 124 cm³/mol. The average molecular weight is 487 g/mol. The van der Waals surface area contributed by atoms with Gasteiger partial charge in [0.1, 0.15) is 5.75 Å². The van der Waals surface area contributed by atoms with Gasteiger partial charge in [0.15, 0.2) is 5.96 Å². The summed E-state index contributed by atoms with van der Waals surface area (Å²) in [6, 6.07) is 8.31. The first-order valence-electron chi connectivity index (χ1n) is 9.64. The molecule has 6 heteroatoms. The fourth-order valence-corrected chi connectivity index (χ4v) is 2.94. The highest BCUT2D eigenvalue weighted by Crippen LogP contribution is 2.21. The van der Waals surface area contributed by atoms with Crippen LogP contribution in [0.1, 0.15) is 44.6 Å². The lowest BCUT2D eigenvalue weighted by atomic mass is 9.98. The van der Waals surface area contributed by atoms with Crippen molar-refractivity contribution in [2.75, 3.05) is 40.0 Å². The van der Waals surface area contributed by atoms with Gasteiger partial charge in [-0.15, -0.1) is 24.0 Å². The topological polar surface area (TPSA) is 54.9 Å². The van der Waals surface area contributed by atoms with E-state index in [1.54, 1.807) is 7.11 Å². The Bertz CT molecular complexity index is 588. The molecule has 1 aromatic carbocycles. The zero-order chi connectivity index (χ0) is 18.6. The van der Waals surface area contributed by atoms with Gasteiger partial charge in [0, 0.05) is 19.6 Å². The molecule has 1 heterocycles. The number of aliphatic imine (C=N–C) groups is 1. The van der Waals surface area contributed by atoms with E-state index in [4.69, 9.17) is 14.5 Å². The number of ether oxygens (including phenoxy) is 2. The lowest BCUT2D eigenvalue weighted by Gasteiger charge is -2.16. The van der Waals surface area contributed by atoms with Crippen LogP contribution in [0.25, 0.3) is 0 Å². The summed E-state index contributed by atoms with van der Waals surface area (Å²) in [5, 5.41) is 6.76. The molecule has 0 saturated heterocycles. The van der Waals surface area contributed by atoms with Crippen molar-refractivity contribution in [2.24, 2.45) is 4.99 Å². The Hall–Kier alpha value is -1.28. The molecule has 1 aromatic rings. The molecule has 0 fully saturated rings. The molecule has 2 N–H and O–H groups in total. The van der Waals surface area contributed by atoms with Gasteiger partial charge < -0.3 is 20.1 Å². The molecule has 1 aliphatic heterocycles. The lowest BCUT2D eigenvalue weighted by molar-refractivity contribution is 0.153. The fraction of sp³-hybridized carbons (Fsp3) is 0.571. The second-order valence-electron chi connectivity index (χ2n) is 6.59. The van der Waals surface area contributed by atoms with E-state index in [9.17, 15) is 0 Å². The number of rotatable bonds is 9. The van der Waals surface area contributed by atoms with E-state index in [1.165, 1.54) is 11.1 Å². The number of nitrogens with zero attached hydrogens (tertiary/aromatic N) is 1. The van der Waals surface area contributed by atoms with Crippen molar-refractivity contribution < 1.29 is 9.47 Å². The summed E-state index contributed by atoms with van der Waals surface area (Å²) >= 11 is 0. The van der Waals surface area contributed by atoms with Crippen molar-refractivity contribution in [3.63, 3.8) is 0 Å². The highest BCUT2D eigenvalue weighted by atomic mass is 127. The Balaban J connectivity index is 0.00000364. The van der Waals surface area contributed by atoms with Gasteiger partial charge in [0.05, 0.1) is 20.3 Å². The molecule has 0 spiro atoms. The Labute approximate surface area is 181 Å². The monoisotopic (exact) mass is 487 g/mol. The van der Waals surface area contributed by atoms with Crippen molar-refractivity contribution in [3.8, 4) is 5.75 Å². The number of benzene rings is 1. The van der Waals surface area contributed by atoms with Crippen LogP contribution < -0.4 is 15.4 Å². The normalized spacial score (nSPS) is 15.4. The molecule has 2 rings (SSSR count). The molecule has 27 heavy (non-hydrogen) atoms. The number of hydrogen-bond acceptors (Lipinski definition) is 3. The second kappa shape index (κ2) is 13.8. The molecule has 1 atom stereocenters. The van der Waals surface area contributed by atoms with Gasteiger partial charge >= 0.3 is 0 Å². The Morgan fingerprint density at radius 2 is 2.04 bits per heavy atom. The third-order valence-corrected chi connectivity index (χ3v) is 4.66. The SMILES string of the molecule is CCNC(=NCCC(C)c1ccc(OC)cc1)NCCC1=CCOCC1.I. The van der Waals surface area contributed by atoms with E-state index in [2.05, 4.69) is 42.7 Å². The van der Waals surface area contributed by atoms with Gasteiger partial charge in [0.25, 0.3) is 0 Å². The number of methoxy groups -OCH3 is 1. The van der Waals surface area contributed by atoms with Crippen LogP contribution in [0, 0.1) is 0 Å². The van der Waals surface area contributed by atoms with E-state index >= 15 is 0 Å². The van der Waals surface area contributed by atoms with Crippen LogP contribution in [0.4, 0.5) is 0 Å². The second-order valence-corrected chi connectivity index (χ2v) is 6.59. The molecule has 5 nitrogen and oxygen atoms in total. The zero-order valence-corrected chi connectivity index (χ0v) is 19.1. The van der Waals surface area contributed by atoms with Crippen LogP contribution in [0.2, 0.25) is 0 Å². The van der Waals surface area contributed by atoms with Crippen LogP contribution in [-0.2, 0) is 4.74 Å². The van der Waals surface area contributed by atoms with Gasteiger partial charge in [0.2, 0.25) is 0 Å². The standard InChI is InChI=1S/C21H33N3O2.HI/c1-4-22-21(24-14-10-18-11-15-26-16-12-18)23-13-9-17(2)19-5-7-20(25-3)8-6-19;/h5-8,11,17H,4,9-10,12-16H2,1-3H3,(H2,22,23,24);1H. The van der Waals surface area contributed by atoms with Crippen LogP contribution in [0.15, 0.2) is 40.9 Å². The summed E-state index contributed by atoms with van der Waals surface area (Å²) in [5.41, 5.74) is 2.80. The number of guanidine groups is 1. The minimum atomic E-state index is 0. The molecule has 1 unspecified atom stereocenters. The molecule has 152 valence electrons. The highest BCUT2D eigenvalue weighted by molar-refractivity contribution is 14.0. The summed E-state index contributed by atoms with van der Waals surface area (Å²) in [5.74, 6) is 2.28. The minimum Gasteiger partial charge on any atom is -0.497 e. The fourth-order valence-electron chi connectivity index (χ4n) is 2.94. The van der Waals surface area contributed by atoms with Crippen LogP contribution in [-0.4, -0.2) is 45.9 Å². The predicted octanol–water partition coefficient (Wildman–Crippen LogP) is 4.10. The van der Waals surface area contributed by atoms with Gasteiger partial charge in [-0.1, -0.05) is 30.7 Å². The third kappa shape index (κ3) is 8.97. The zero-order valence-electron chi connectivity index (χ0n) is 16.8. The third-order valence-electron chi connectivity index (χ3n) is 4.66. The van der Waals surface area contributed by atoms with Gasteiger partial charge in [-0.05, 0) is 49.8 Å². The summed E-state index contributed by atoms with van der Waals surface area (Å²) in [6.45, 7) is 8.53. The summed E-state index contributed by atoms with van der Waals surface area (Å²) in [6.07, 6.45) is 5.32. The van der Waals surface area contributed by atoms with Gasteiger partial charge in [-0.25, -0.2) is 0 Å². The van der Waals surface area contributed by atoms with E-state index < -0.39 is 0 Å². The maximum Gasteiger partial charge on any atom is 0.191 e. The quantitative estimate of drug-likeness (QED) is 0.239. The lowest BCUT2D eigenvalue weighted by Crippen LogP contribution is -2.38. The maximum absolute atomic E-state index is 5.35. The Morgan fingerprint density at radius 1 is 1.26 bits per heavy atom. The van der Waals surface area contributed by atoms with E-state index in [-0.39, 0.29) is 24.0 Å². The first-order chi connectivity index (χ1) is 12.7. The Morgan fingerprint density at radius 3 is 2.67 bits per heavy atom. The largest absolute Gasteiger partial charge is 0.497 e. The van der Waals surface area contributed by atoms with Crippen molar-refractivity contribution in [2.45, 2.75) is 39.0 Å². The first kappa shape index (κ1) is 23.8. The van der Waals surface area contributed by atoms with Crippen molar-refractivity contribution in [1.29, 1.82) is 0 Å². The minimum absolute atomic E-state index is 0. The smallest absolute Gasteiger partial charge is 0.191 e. The molecule has 0 aromatic heterocycles. The number of halogens is 1. The Kier molecular flexibility index (Phi) is 12.2. The molecule has 0 bridgehead atoms. The highest BCUT2D eigenvalue weighted by Gasteiger charge is 2.07. The van der Waals surface area contributed by atoms with Crippen molar-refractivity contribution in [1.82, 2.24) is 10.6 Å². The summed E-state index contributed by atoms with van der Waals surface area (Å²) in [4.78, 5) is 4.72. The summed E-state index contributed by atoms with van der Waals surface area (Å²) < 4.78 is 10.6. The van der Waals surface area contributed by atoms with Gasteiger partial charge in [-0.2, -0.15) is 0 Å². The number of hydrogen-bond donors (Lipinski definition) is 2. The first-order valence-corrected chi connectivity index (χ1v) is 9.64. The van der Waals surface area contributed by atoms with Crippen molar-refractivity contribution in [3.05, 3.63) is 41.5 Å². The maximum atomic E-state index is 5.35. The van der Waals surface area contributed by atoms with Crippen molar-refractivity contribution >= 4 is 29.9 Å². The van der Waals surface area contributed by atoms with Crippen LogP contribution in [0.5, 0.6) is 5.75 Å². The molecule has 0 aliphatic carbocycles. The molecule has 1 aliphatic rings. The van der Waals surface area contributed by atoms with Gasteiger partial charge in [-0.3, -0.25) is 4.99 Å². The van der Waals surface area contributed by atoms with E-state index in [0.29, 0.717) is 5.92 Å². The van der Waals surface area contributed by atoms with Crippen LogP contribution in [0.3, 0.4) is 0 Å². The number of nitrogens with one attached hydrogen (secondary N) is 2. The summed E-state index contributed by atoms with van der Waals surface area (Å²) in [7, 11) is 1.70. The molecule has 0 amide bonds. The molecule has 0 radical (unpaired) electrons. The van der Waals surface area contributed by atoms with E-state index in [0.717, 1.165) is 63.8 Å². The van der Waals surface area contributed by atoms with Crippen LogP contribution >= 0.6 is 24.0 Å². The molecular weight excluding hydrogens is 453 g/mol.